The van der Waals surface area contributed by atoms with Crippen molar-refractivity contribution in [3.05, 3.63) is 51.7 Å². The Morgan fingerprint density at radius 1 is 1.52 bits per heavy atom. The van der Waals surface area contributed by atoms with E-state index in [9.17, 15) is 4.79 Å². The second kappa shape index (κ2) is 6.53. The first-order chi connectivity index (χ1) is 10.2. The minimum absolute atomic E-state index is 0.177. The highest BCUT2D eigenvalue weighted by Crippen LogP contribution is 2.12. The summed E-state index contributed by atoms with van der Waals surface area (Å²) in [6, 6.07) is 5.43. The molecule has 0 amide bonds. The molecule has 0 saturated heterocycles. The van der Waals surface area contributed by atoms with Gasteiger partial charge < -0.3 is 10.7 Å². The molecule has 1 heterocycles. The molecule has 5 heteroatoms. The van der Waals surface area contributed by atoms with E-state index >= 15 is 0 Å². The van der Waals surface area contributed by atoms with E-state index < -0.39 is 0 Å². The third kappa shape index (κ3) is 3.18. The maximum absolute atomic E-state index is 12.2. The molecular formula is C16H16N4O. The van der Waals surface area contributed by atoms with Crippen LogP contribution in [0.1, 0.15) is 18.3 Å². The van der Waals surface area contributed by atoms with Crippen LogP contribution < -0.4 is 11.3 Å². The molecule has 0 aliphatic heterocycles. The number of aromatic nitrogens is 2. The second-order valence-corrected chi connectivity index (χ2v) is 4.33. The van der Waals surface area contributed by atoms with E-state index in [1.54, 1.807) is 19.3 Å². The number of nitrogens with two attached hydrogens (primary N) is 1. The Morgan fingerprint density at radius 3 is 3.00 bits per heavy atom. The lowest BCUT2D eigenvalue weighted by atomic mass is 10.1. The van der Waals surface area contributed by atoms with Crippen LogP contribution in [-0.2, 0) is 6.42 Å². The van der Waals surface area contributed by atoms with Crippen molar-refractivity contribution >= 4 is 17.1 Å². The number of aromatic amines is 1. The summed E-state index contributed by atoms with van der Waals surface area (Å²) in [4.78, 5) is 23.2. The van der Waals surface area contributed by atoms with Crippen LogP contribution in [0.2, 0.25) is 0 Å². The van der Waals surface area contributed by atoms with Crippen molar-refractivity contribution in [2.45, 2.75) is 13.3 Å². The molecule has 2 aromatic rings. The number of nitrogens with one attached hydrogen (secondary N) is 1. The molecule has 1 aromatic heterocycles. The van der Waals surface area contributed by atoms with E-state index in [1.165, 1.54) is 6.20 Å². The van der Waals surface area contributed by atoms with Crippen molar-refractivity contribution in [2.75, 3.05) is 7.05 Å². The topological polar surface area (TPSA) is 84.1 Å². The number of hydrogen-bond acceptors (Lipinski definition) is 4. The average molecular weight is 280 g/mol. The normalized spacial score (nSPS) is 11.6. The first-order valence-electron chi connectivity index (χ1n) is 6.57. The standard InChI is InChI=1S/C16H16N4O/c1-3-14-19-13-6-4-5-12(15(13)16(21)20-14)8-7-11(9-17)10-18-2/h4-6,9-10H,3,17H2,1-2H3,(H,19,20,21). The van der Waals surface area contributed by atoms with E-state index in [4.69, 9.17) is 5.73 Å². The summed E-state index contributed by atoms with van der Waals surface area (Å²) in [7, 11) is 1.64. The fourth-order valence-electron chi connectivity index (χ4n) is 1.91. The molecule has 21 heavy (non-hydrogen) atoms. The van der Waals surface area contributed by atoms with Gasteiger partial charge >= 0.3 is 0 Å². The molecule has 0 aliphatic rings. The minimum Gasteiger partial charge on any atom is -0.404 e. The number of aliphatic imine (C=N–C) groups is 1. The summed E-state index contributed by atoms with van der Waals surface area (Å²) in [5, 5.41) is 0.493. The largest absolute Gasteiger partial charge is 0.404 e. The molecule has 5 nitrogen and oxygen atoms in total. The van der Waals surface area contributed by atoms with Crippen molar-refractivity contribution in [3.8, 4) is 11.8 Å². The smallest absolute Gasteiger partial charge is 0.260 e. The molecule has 0 radical (unpaired) electrons. The third-order valence-electron chi connectivity index (χ3n) is 2.91. The Balaban J connectivity index is 2.61. The van der Waals surface area contributed by atoms with Crippen LogP contribution in [-0.4, -0.2) is 23.2 Å². The van der Waals surface area contributed by atoms with Crippen LogP contribution in [0.3, 0.4) is 0 Å². The van der Waals surface area contributed by atoms with E-state index in [1.807, 2.05) is 19.1 Å². The van der Waals surface area contributed by atoms with E-state index in [0.29, 0.717) is 34.3 Å². The van der Waals surface area contributed by atoms with Gasteiger partial charge in [0.15, 0.2) is 0 Å². The van der Waals surface area contributed by atoms with Crippen molar-refractivity contribution < 1.29 is 0 Å². The fourth-order valence-corrected chi connectivity index (χ4v) is 1.91. The fraction of sp³-hybridized carbons (Fsp3) is 0.188. The van der Waals surface area contributed by atoms with Gasteiger partial charge in [-0.05, 0) is 12.1 Å². The number of benzene rings is 1. The quantitative estimate of drug-likeness (QED) is 0.644. The Morgan fingerprint density at radius 2 is 2.33 bits per heavy atom. The number of H-pyrrole nitrogens is 1. The Bertz CT molecular complexity index is 835. The number of fused-ring (bicyclic) bond motifs is 1. The van der Waals surface area contributed by atoms with Gasteiger partial charge in [-0.1, -0.05) is 24.8 Å². The van der Waals surface area contributed by atoms with Crippen molar-refractivity contribution in [1.29, 1.82) is 0 Å². The number of aryl methyl sites for hydroxylation is 1. The van der Waals surface area contributed by atoms with Gasteiger partial charge in [-0.2, -0.15) is 0 Å². The second-order valence-electron chi connectivity index (χ2n) is 4.33. The number of hydrogen-bond donors (Lipinski definition) is 2. The van der Waals surface area contributed by atoms with Gasteiger partial charge in [-0.3, -0.25) is 9.79 Å². The van der Waals surface area contributed by atoms with E-state index in [-0.39, 0.29) is 5.56 Å². The summed E-state index contributed by atoms with van der Waals surface area (Å²) in [6.45, 7) is 1.94. The summed E-state index contributed by atoms with van der Waals surface area (Å²) in [5.74, 6) is 6.51. The maximum Gasteiger partial charge on any atom is 0.260 e. The summed E-state index contributed by atoms with van der Waals surface area (Å²) in [5.41, 5.74) is 7.14. The molecule has 2 rings (SSSR count). The first-order valence-corrected chi connectivity index (χ1v) is 6.57. The van der Waals surface area contributed by atoms with Crippen LogP contribution >= 0.6 is 0 Å². The highest BCUT2D eigenvalue weighted by molar-refractivity contribution is 5.87. The molecule has 3 N–H and O–H groups in total. The predicted octanol–water partition coefficient (Wildman–Crippen LogP) is 1.38. The SMILES string of the molecule is CCc1nc2cccc(C#CC(C=NC)=CN)c2c(=O)[nH]1. The molecule has 0 saturated carbocycles. The highest BCUT2D eigenvalue weighted by atomic mass is 16.1. The Kier molecular flexibility index (Phi) is 4.52. The maximum atomic E-state index is 12.2. The molecular weight excluding hydrogens is 264 g/mol. The van der Waals surface area contributed by atoms with Crippen LogP contribution in [0.15, 0.2) is 39.8 Å². The summed E-state index contributed by atoms with van der Waals surface area (Å²) >= 11 is 0. The van der Waals surface area contributed by atoms with Crippen LogP contribution in [0.25, 0.3) is 10.9 Å². The Hall–Kier alpha value is -2.87. The zero-order valence-electron chi connectivity index (χ0n) is 12.0. The molecule has 0 fully saturated rings. The molecule has 106 valence electrons. The lowest BCUT2D eigenvalue weighted by Crippen LogP contribution is -2.12. The molecule has 1 aromatic carbocycles. The van der Waals surface area contributed by atoms with Crippen molar-refractivity contribution in [2.24, 2.45) is 10.7 Å². The Labute approximate surface area is 122 Å². The summed E-state index contributed by atoms with van der Waals surface area (Å²) < 4.78 is 0. The zero-order valence-corrected chi connectivity index (χ0v) is 12.0. The molecule has 0 spiro atoms. The highest BCUT2D eigenvalue weighted by Gasteiger charge is 2.06. The third-order valence-corrected chi connectivity index (χ3v) is 2.91. The van der Waals surface area contributed by atoms with E-state index in [0.717, 1.165) is 0 Å². The minimum atomic E-state index is -0.177. The van der Waals surface area contributed by atoms with Gasteiger partial charge in [0.25, 0.3) is 5.56 Å². The number of nitrogens with zero attached hydrogens (tertiary/aromatic N) is 2. The number of allylic oxidation sites excluding steroid dienone is 1. The van der Waals surface area contributed by atoms with Crippen molar-refractivity contribution in [1.82, 2.24) is 9.97 Å². The monoisotopic (exact) mass is 280 g/mol. The van der Waals surface area contributed by atoms with Gasteiger partial charge in [-0.15, -0.1) is 0 Å². The van der Waals surface area contributed by atoms with Crippen molar-refractivity contribution in [3.63, 3.8) is 0 Å². The molecule has 0 unspecified atom stereocenters. The van der Waals surface area contributed by atoms with Crippen LogP contribution in [0.5, 0.6) is 0 Å². The van der Waals surface area contributed by atoms with Gasteiger partial charge in [0.1, 0.15) is 5.82 Å². The first kappa shape index (κ1) is 14.5. The lowest BCUT2D eigenvalue weighted by Gasteiger charge is -2.02. The van der Waals surface area contributed by atoms with E-state index in [2.05, 4.69) is 26.8 Å². The average Bonchev–Trinajstić information content (AvgIpc) is 2.50. The molecule has 0 atom stereocenters. The summed E-state index contributed by atoms with van der Waals surface area (Å²) in [6.07, 6.45) is 3.62. The molecule has 0 bridgehead atoms. The van der Waals surface area contributed by atoms with Gasteiger partial charge in [0.05, 0.1) is 16.5 Å². The van der Waals surface area contributed by atoms with Gasteiger partial charge in [0.2, 0.25) is 0 Å². The molecule has 0 aliphatic carbocycles. The lowest BCUT2D eigenvalue weighted by molar-refractivity contribution is 0.944. The number of rotatable bonds is 2. The predicted molar refractivity (Wildman–Crippen MR) is 85.3 cm³/mol. The van der Waals surface area contributed by atoms with Gasteiger partial charge in [0, 0.05) is 31.4 Å². The van der Waals surface area contributed by atoms with Gasteiger partial charge in [-0.25, -0.2) is 4.98 Å². The zero-order chi connectivity index (χ0) is 15.2. The van der Waals surface area contributed by atoms with Crippen LogP contribution in [0.4, 0.5) is 0 Å². The van der Waals surface area contributed by atoms with Crippen LogP contribution in [0, 0.1) is 11.8 Å².